The Morgan fingerprint density at radius 1 is 1.13 bits per heavy atom. The van der Waals surface area contributed by atoms with Crippen molar-refractivity contribution in [3.05, 3.63) is 54.6 Å². The zero-order valence-corrected chi connectivity index (χ0v) is 13.6. The van der Waals surface area contributed by atoms with E-state index >= 15 is 0 Å². The van der Waals surface area contributed by atoms with Crippen LogP contribution in [0.15, 0.2) is 43.5 Å². The van der Waals surface area contributed by atoms with E-state index in [0.29, 0.717) is 5.92 Å². The number of benzene rings is 1. The van der Waals surface area contributed by atoms with Crippen molar-refractivity contribution in [2.75, 3.05) is 13.2 Å². The van der Waals surface area contributed by atoms with Gasteiger partial charge in [-0.15, -0.1) is 0 Å². The number of allylic oxidation sites excluding steroid dienone is 1. The van der Waals surface area contributed by atoms with Crippen LogP contribution < -0.4 is 0 Å². The first-order valence-corrected chi connectivity index (χ1v) is 8.34. The molecule has 23 heavy (non-hydrogen) atoms. The number of hydrogen-bond donors (Lipinski definition) is 0. The molecule has 1 aromatic heterocycles. The van der Waals surface area contributed by atoms with E-state index in [1.54, 1.807) is 6.33 Å². The average molecular weight is 306 g/mol. The van der Waals surface area contributed by atoms with Crippen LogP contribution >= 0.6 is 0 Å². The Hall–Kier alpha value is -2.00. The van der Waals surface area contributed by atoms with E-state index in [9.17, 15) is 0 Å². The highest BCUT2D eigenvalue weighted by molar-refractivity contribution is 5.79. The minimum Gasteiger partial charge on any atom is -0.381 e. The standard InChI is InChI=1S/C20H22N2O/c1-14-19-9-15(17-11-21-13-22-12-17)3-4-16(19)10-20(14,2)18-5-7-23-8-6-18/h3-4,9,11-13,18H,1,5-8,10H2,2H3. The van der Waals surface area contributed by atoms with Crippen LogP contribution in [0.4, 0.5) is 0 Å². The highest BCUT2D eigenvalue weighted by Crippen LogP contribution is 2.53. The second-order valence-electron chi connectivity index (χ2n) is 6.96. The second kappa shape index (κ2) is 5.57. The molecule has 1 aliphatic carbocycles. The highest BCUT2D eigenvalue weighted by atomic mass is 16.5. The van der Waals surface area contributed by atoms with Crippen LogP contribution in [0.3, 0.4) is 0 Å². The fraction of sp³-hybridized carbons (Fsp3) is 0.400. The highest BCUT2D eigenvalue weighted by Gasteiger charge is 2.43. The predicted octanol–water partition coefficient (Wildman–Crippen LogP) is 4.15. The smallest absolute Gasteiger partial charge is 0.115 e. The zero-order chi connectivity index (χ0) is 15.9. The minimum absolute atomic E-state index is 0.165. The van der Waals surface area contributed by atoms with Gasteiger partial charge in [0, 0.05) is 31.2 Å². The third kappa shape index (κ3) is 2.40. The van der Waals surface area contributed by atoms with Gasteiger partial charge in [-0.3, -0.25) is 0 Å². The normalized spacial score (nSPS) is 24.7. The number of aromatic nitrogens is 2. The molecular formula is C20H22N2O. The first kappa shape index (κ1) is 14.6. The third-order valence-corrected chi connectivity index (χ3v) is 5.70. The van der Waals surface area contributed by atoms with E-state index in [1.807, 2.05) is 12.4 Å². The Morgan fingerprint density at radius 2 is 1.87 bits per heavy atom. The molecule has 2 aliphatic rings. The number of rotatable bonds is 2. The SMILES string of the molecule is C=C1c2cc(-c3cncnc3)ccc2CC1(C)C1CCOCC1. The summed E-state index contributed by atoms with van der Waals surface area (Å²) in [6.07, 6.45) is 8.68. The van der Waals surface area contributed by atoms with E-state index in [1.165, 1.54) is 22.3 Å². The Balaban J connectivity index is 1.69. The molecular weight excluding hydrogens is 284 g/mol. The lowest BCUT2D eigenvalue weighted by Gasteiger charge is -2.38. The van der Waals surface area contributed by atoms with Gasteiger partial charge in [0.15, 0.2) is 0 Å². The fourth-order valence-electron chi connectivity index (χ4n) is 4.17. The van der Waals surface area contributed by atoms with Gasteiger partial charge < -0.3 is 4.74 Å². The van der Waals surface area contributed by atoms with E-state index in [0.717, 1.165) is 38.0 Å². The molecule has 2 aromatic rings. The Kier molecular flexibility index (Phi) is 3.53. The van der Waals surface area contributed by atoms with Crippen molar-refractivity contribution in [3.8, 4) is 11.1 Å². The van der Waals surface area contributed by atoms with Gasteiger partial charge in [0.1, 0.15) is 6.33 Å². The fourth-order valence-corrected chi connectivity index (χ4v) is 4.17. The van der Waals surface area contributed by atoms with E-state index in [-0.39, 0.29) is 5.41 Å². The van der Waals surface area contributed by atoms with E-state index in [2.05, 4.69) is 41.7 Å². The summed E-state index contributed by atoms with van der Waals surface area (Å²) in [4.78, 5) is 8.26. The first-order chi connectivity index (χ1) is 11.2. The number of ether oxygens (including phenoxy) is 1. The number of hydrogen-bond acceptors (Lipinski definition) is 3. The molecule has 3 nitrogen and oxygen atoms in total. The van der Waals surface area contributed by atoms with Gasteiger partial charge in [-0.1, -0.05) is 25.6 Å². The van der Waals surface area contributed by atoms with Crippen molar-refractivity contribution in [2.24, 2.45) is 11.3 Å². The quantitative estimate of drug-likeness (QED) is 0.836. The molecule has 0 radical (unpaired) electrons. The summed E-state index contributed by atoms with van der Waals surface area (Å²) in [6, 6.07) is 6.70. The maximum absolute atomic E-state index is 5.55. The molecule has 0 bridgehead atoms. The molecule has 0 amide bonds. The first-order valence-electron chi connectivity index (χ1n) is 8.34. The molecule has 1 fully saturated rings. The lowest BCUT2D eigenvalue weighted by molar-refractivity contribution is 0.0361. The summed E-state index contributed by atoms with van der Waals surface area (Å²) in [7, 11) is 0. The van der Waals surface area contributed by atoms with Crippen LogP contribution in [0.1, 0.15) is 30.9 Å². The van der Waals surface area contributed by atoms with Crippen molar-refractivity contribution in [2.45, 2.75) is 26.2 Å². The minimum atomic E-state index is 0.165. The molecule has 0 saturated carbocycles. The Morgan fingerprint density at radius 3 is 2.61 bits per heavy atom. The van der Waals surface area contributed by atoms with Crippen molar-refractivity contribution in [1.29, 1.82) is 0 Å². The van der Waals surface area contributed by atoms with Crippen molar-refractivity contribution in [3.63, 3.8) is 0 Å². The summed E-state index contributed by atoms with van der Waals surface area (Å²) >= 11 is 0. The molecule has 0 spiro atoms. The van der Waals surface area contributed by atoms with Gasteiger partial charge in [0.05, 0.1) is 0 Å². The average Bonchev–Trinajstić information content (AvgIpc) is 2.88. The summed E-state index contributed by atoms with van der Waals surface area (Å²) in [5.74, 6) is 0.666. The van der Waals surface area contributed by atoms with Gasteiger partial charge >= 0.3 is 0 Å². The predicted molar refractivity (Wildman–Crippen MR) is 91.9 cm³/mol. The second-order valence-corrected chi connectivity index (χ2v) is 6.96. The van der Waals surface area contributed by atoms with Crippen LogP contribution in [-0.2, 0) is 11.2 Å². The van der Waals surface area contributed by atoms with Crippen LogP contribution in [0, 0.1) is 11.3 Å². The molecule has 4 rings (SSSR count). The molecule has 118 valence electrons. The topological polar surface area (TPSA) is 35.0 Å². The Labute approximate surface area is 137 Å². The van der Waals surface area contributed by atoms with Crippen molar-refractivity contribution < 1.29 is 4.74 Å². The summed E-state index contributed by atoms with van der Waals surface area (Å²) in [5.41, 5.74) is 6.42. The van der Waals surface area contributed by atoms with E-state index < -0.39 is 0 Å². The molecule has 2 heterocycles. The molecule has 1 aromatic carbocycles. The van der Waals surface area contributed by atoms with Gasteiger partial charge in [0.2, 0.25) is 0 Å². The van der Waals surface area contributed by atoms with Crippen molar-refractivity contribution in [1.82, 2.24) is 9.97 Å². The molecule has 1 saturated heterocycles. The third-order valence-electron chi connectivity index (χ3n) is 5.70. The monoisotopic (exact) mass is 306 g/mol. The largest absolute Gasteiger partial charge is 0.381 e. The maximum Gasteiger partial charge on any atom is 0.115 e. The molecule has 1 atom stereocenters. The van der Waals surface area contributed by atoms with Crippen LogP contribution in [0.5, 0.6) is 0 Å². The number of fused-ring (bicyclic) bond motifs is 1. The Bertz CT molecular complexity index is 735. The van der Waals surface area contributed by atoms with Crippen LogP contribution in [0.25, 0.3) is 16.7 Å². The molecule has 1 aliphatic heterocycles. The zero-order valence-electron chi connectivity index (χ0n) is 13.6. The molecule has 0 N–H and O–H groups in total. The van der Waals surface area contributed by atoms with Gasteiger partial charge in [-0.25, -0.2) is 9.97 Å². The lowest BCUT2D eigenvalue weighted by Crippen LogP contribution is -2.32. The van der Waals surface area contributed by atoms with Gasteiger partial charge in [0.25, 0.3) is 0 Å². The lowest BCUT2D eigenvalue weighted by atomic mass is 9.69. The van der Waals surface area contributed by atoms with E-state index in [4.69, 9.17) is 4.74 Å². The molecule has 1 unspecified atom stereocenters. The van der Waals surface area contributed by atoms with Crippen molar-refractivity contribution >= 4 is 5.57 Å². The number of nitrogens with zero attached hydrogens (tertiary/aromatic N) is 2. The molecule has 3 heteroatoms. The maximum atomic E-state index is 5.55. The summed E-state index contributed by atoms with van der Waals surface area (Å²) in [6.45, 7) is 8.64. The van der Waals surface area contributed by atoms with Gasteiger partial charge in [-0.2, -0.15) is 0 Å². The van der Waals surface area contributed by atoms with Crippen LogP contribution in [0.2, 0.25) is 0 Å². The summed E-state index contributed by atoms with van der Waals surface area (Å²) in [5, 5.41) is 0. The summed E-state index contributed by atoms with van der Waals surface area (Å²) < 4.78 is 5.55. The van der Waals surface area contributed by atoms with Gasteiger partial charge in [-0.05, 0) is 58.9 Å². The van der Waals surface area contributed by atoms with Crippen LogP contribution in [-0.4, -0.2) is 23.2 Å².